The van der Waals surface area contributed by atoms with Crippen LogP contribution < -0.4 is 4.90 Å². The van der Waals surface area contributed by atoms with E-state index in [1.807, 2.05) is 38.1 Å². The van der Waals surface area contributed by atoms with Crippen LogP contribution >= 0.6 is 0 Å². The molecule has 0 spiro atoms. The maximum absolute atomic E-state index is 11.8. The first-order chi connectivity index (χ1) is 11.3. The lowest BCUT2D eigenvalue weighted by Gasteiger charge is -2.18. The molecule has 126 valence electrons. The highest BCUT2D eigenvalue weighted by Gasteiger charge is 2.16. The van der Waals surface area contributed by atoms with Crippen LogP contribution in [0.3, 0.4) is 0 Å². The van der Waals surface area contributed by atoms with Gasteiger partial charge in [0, 0.05) is 37.2 Å². The molecule has 0 amide bonds. The Labute approximate surface area is 141 Å². The van der Waals surface area contributed by atoms with Crippen LogP contribution in [-0.4, -0.2) is 44.1 Å². The zero-order valence-electron chi connectivity index (χ0n) is 14.1. The molecule has 0 fully saturated rings. The number of hydrogen-bond acceptors (Lipinski definition) is 6. The van der Waals surface area contributed by atoms with Crippen molar-refractivity contribution in [2.75, 3.05) is 25.3 Å². The first-order valence-electron chi connectivity index (χ1n) is 7.46. The van der Waals surface area contributed by atoms with Gasteiger partial charge in [-0.25, -0.2) is 13.5 Å². The maximum Gasteiger partial charge on any atom is 0.254 e. The average Bonchev–Trinajstić information content (AvgIpc) is 2.98. The molecule has 24 heavy (non-hydrogen) atoms. The van der Waals surface area contributed by atoms with E-state index in [9.17, 15) is 4.21 Å². The lowest BCUT2D eigenvalue weighted by atomic mass is 10.0. The molecule has 3 aromatic rings. The molecule has 1 aromatic carbocycles. The van der Waals surface area contributed by atoms with Crippen molar-refractivity contribution in [3.8, 4) is 0 Å². The summed E-state index contributed by atoms with van der Waals surface area (Å²) in [4.78, 5) is 11.3. The van der Waals surface area contributed by atoms with Gasteiger partial charge in [-0.1, -0.05) is 12.1 Å². The van der Waals surface area contributed by atoms with Gasteiger partial charge in [0.1, 0.15) is 12.1 Å². The van der Waals surface area contributed by atoms with Crippen molar-refractivity contribution in [2.24, 2.45) is 0 Å². The summed E-state index contributed by atoms with van der Waals surface area (Å²) in [5, 5.41) is 4.23. The lowest BCUT2D eigenvalue weighted by molar-refractivity contribution is 0.679. The summed E-state index contributed by atoms with van der Waals surface area (Å²) in [5.41, 5.74) is 3.12. The van der Waals surface area contributed by atoms with Gasteiger partial charge >= 0.3 is 0 Å². The largest absolute Gasteiger partial charge is 0.362 e. The van der Waals surface area contributed by atoms with Crippen molar-refractivity contribution in [1.29, 1.82) is 4.78 Å². The number of fused-ring (bicyclic) bond motifs is 1. The third-order valence-electron chi connectivity index (χ3n) is 3.94. The van der Waals surface area contributed by atoms with Crippen molar-refractivity contribution in [1.82, 2.24) is 19.6 Å². The topological polar surface area (TPSA) is 87.2 Å². The Morgan fingerprint density at radius 2 is 1.92 bits per heavy atom. The number of anilines is 1. The Morgan fingerprint density at radius 3 is 2.50 bits per heavy atom. The number of hydrogen-bond donors (Lipinski definition) is 1. The van der Waals surface area contributed by atoms with Crippen LogP contribution in [0.4, 0.5) is 5.82 Å². The Bertz CT molecular complexity index is 989. The number of rotatable bonds is 4. The number of nitrogens with one attached hydrogen (secondary N) is 1. The van der Waals surface area contributed by atoms with Crippen molar-refractivity contribution in [3.05, 3.63) is 47.4 Å². The second-order valence-electron chi connectivity index (χ2n) is 6.03. The standard InChI is InChI=1S/C16H20N6OS/c1-11-14(9-12-5-7-13(8-6-12)24(4,17)23)15(21(2)3)20-16-18-10-19-22(11)16/h5-8,10,17H,9H2,1-4H3. The second kappa shape index (κ2) is 5.86. The third-order valence-corrected chi connectivity index (χ3v) is 5.11. The van der Waals surface area contributed by atoms with Crippen LogP contribution in [0.1, 0.15) is 16.8 Å². The Morgan fingerprint density at radius 1 is 1.25 bits per heavy atom. The van der Waals surface area contributed by atoms with Crippen molar-refractivity contribution >= 4 is 21.3 Å². The smallest absolute Gasteiger partial charge is 0.254 e. The highest BCUT2D eigenvalue weighted by Crippen LogP contribution is 2.24. The summed E-state index contributed by atoms with van der Waals surface area (Å²) in [6.45, 7) is 2.00. The quantitative estimate of drug-likeness (QED) is 0.783. The van der Waals surface area contributed by atoms with Gasteiger partial charge in [0.15, 0.2) is 0 Å². The highest BCUT2D eigenvalue weighted by molar-refractivity contribution is 7.91. The first-order valence-corrected chi connectivity index (χ1v) is 9.43. The number of aryl methyl sites for hydroxylation is 1. The molecule has 7 nitrogen and oxygen atoms in total. The van der Waals surface area contributed by atoms with Gasteiger partial charge < -0.3 is 4.90 Å². The molecule has 1 unspecified atom stereocenters. The predicted octanol–water partition coefficient (Wildman–Crippen LogP) is 2.12. The van der Waals surface area contributed by atoms with E-state index in [1.54, 1.807) is 16.6 Å². The fourth-order valence-electron chi connectivity index (χ4n) is 2.65. The molecule has 0 aliphatic rings. The SMILES string of the molecule is Cc1c(Cc2ccc(S(C)(=N)=O)cc2)c(N(C)C)nc2ncnn12. The van der Waals surface area contributed by atoms with Crippen LogP contribution in [0.2, 0.25) is 0 Å². The molecule has 0 aliphatic heterocycles. The van der Waals surface area contributed by atoms with Gasteiger partial charge in [-0.3, -0.25) is 0 Å². The van der Waals surface area contributed by atoms with E-state index < -0.39 is 9.73 Å². The van der Waals surface area contributed by atoms with Crippen LogP contribution in [0.25, 0.3) is 5.78 Å². The van der Waals surface area contributed by atoms with Crippen LogP contribution in [-0.2, 0) is 16.1 Å². The van der Waals surface area contributed by atoms with E-state index in [2.05, 4.69) is 15.1 Å². The van der Waals surface area contributed by atoms with E-state index in [4.69, 9.17) is 4.78 Å². The molecular weight excluding hydrogens is 324 g/mol. The normalized spacial score (nSPS) is 13.8. The lowest BCUT2D eigenvalue weighted by Crippen LogP contribution is -2.17. The molecule has 2 aromatic heterocycles. The summed E-state index contributed by atoms with van der Waals surface area (Å²) in [7, 11) is 1.22. The molecule has 0 radical (unpaired) electrons. The molecule has 8 heteroatoms. The van der Waals surface area contributed by atoms with Crippen molar-refractivity contribution in [2.45, 2.75) is 18.2 Å². The molecule has 3 rings (SSSR count). The second-order valence-corrected chi connectivity index (χ2v) is 8.19. The molecule has 0 saturated heterocycles. The molecule has 1 atom stereocenters. The van der Waals surface area contributed by atoms with Crippen LogP contribution in [0.5, 0.6) is 0 Å². The molecule has 0 aliphatic carbocycles. The van der Waals surface area contributed by atoms with E-state index in [-0.39, 0.29) is 0 Å². The third kappa shape index (κ3) is 2.96. The van der Waals surface area contributed by atoms with Crippen LogP contribution in [0, 0.1) is 11.7 Å². The van der Waals surface area contributed by atoms with Crippen molar-refractivity contribution < 1.29 is 4.21 Å². The average molecular weight is 344 g/mol. The predicted molar refractivity (Wildman–Crippen MR) is 94.1 cm³/mol. The summed E-state index contributed by atoms with van der Waals surface area (Å²) >= 11 is 0. The number of aromatic nitrogens is 4. The van der Waals surface area contributed by atoms with Crippen LogP contribution in [0.15, 0.2) is 35.5 Å². The van der Waals surface area contributed by atoms with Gasteiger partial charge in [0.2, 0.25) is 0 Å². The zero-order chi connectivity index (χ0) is 17.5. The van der Waals surface area contributed by atoms with E-state index in [0.29, 0.717) is 17.1 Å². The van der Waals surface area contributed by atoms with E-state index in [0.717, 1.165) is 22.6 Å². The minimum Gasteiger partial charge on any atom is -0.362 e. The minimum absolute atomic E-state index is 0.542. The first kappa shape index (κ1) is 16.4. The fraction of sp³-hybridized carbons (Fsp3) is 0.312. The van der Waals surface area contributed by atoms with Gasteiger partial charge in [0.05, 0.1) is 15.4 Å². The Balaban J connectivity index is 2.06. The van der Waals surface area contributed by atoms with Gasteiger partial charge in [-0.05, 0) is 24.6 Å². The summed E-state index contributed by atoms with van der Waals surface area (Å²) in [6.07, 6.45) is 3.60. The Hall–Kier alpha value is -2.48. The molecule has 0 bridgehead atoms. The zero-order valence-corrected chi connectivity index (χ0v) is 15.0. The molecular formula is C16H20N6OS. The highest BCUT2D eigenvalue weighted by atomic mass is 32.2. The fourth-order valence-corrected chi connectivity index (χ4v) is 3.30. The Kier molecular flexibility index (Phi) is 4.00. The van der Waals surface area contributed by atoms with Gasteiger partial charge in [0.25, 0.3) is 5.78 Å². The maximum atomic E-state index is 11.8. The summed E-state index contributed by atoms with van der Waals surface area (Å²) < 4.78 is 21.2. The van der Waals surface area contributed by atoms with Gasteiger partial charge in [-0.15, -0.1) is 0 Å². The summed E-state index contributed by atoms with van der Waals surface area (Å²) in [5.74, 6) is 1.44. The van der Waals surface area contributed by atoms with E-state index in [1.165, 1.54) is 12.6 Å². The molecule has 2 heterocycles. The minimum atomic E-state index is -2.69. The van der Waals surface area contributed by atoms with Crippen molar-refractivity contribution in [3.63, 3.8) is 0 Å². The monoisotopic (exact) mass is 344 g/mol. The molecule has 0 saturated carbocycles. The van der Waals surface area contributed by atoms with Gasteiger partial charge in [-0.2, -0.15) is 15.1 Å². The number of benzene rings is 1. The van der Waals surface area contributed by atoms with E-state index >= 15 is 0 Å². The number of nitrogens with zero attached hydrogens (tertiary/aromatic N) is 5. The molecule has 1 N–H and O–H groups in total. The summed E-state index contributed by atoms with van der Waals surface area (Å²) in [6, 6.07) is 7.35.